The van der Waals surface area contributed by atoms with Crippen molar-refractivity contribution in [3.8, 4) is 5.75 Å². The highest BCUT2D eigenvalue weighted by Gasteiger charge is 2.31. The first-order chi connectivity index (χ1) is 12.5. The summed E-state index contributed by atoms with van der Waals surface area (Å²) in [5.74, 6) is 1.29. The molecule has 2 heterocycles. The predicted molar refractivity (Wildman–Crippen MR) is 104 cm³/mol. The monoisotopic (exact) mass is 388 g/mol. The SMILES string of the molecule is COc1ccc2nc(C3=C(O)CN(c4cc(Cl)cc(Cl)c4)C3=N)[nH]c2c1. The summed E-state index contributed by atoms with van der Waals surface area (Å²) in [5.41, 5.74) is 2.46. The van der Waals surface area contributed by atoms with E-state index in [1.807, 2.05) is 12.1 Å². The van der Waals surface area contributed by atoms with Crippen LogP contribution in [0.25, 0.3) is 16.6 Å². The Morgan fingerprint density at radius 3 is 2.62 bits per heavy atom. The fraction of sp³-hybridized carbons (Fsp3) is 0.111. The Hall–Kier alpha value is -2.70. The maximum atomic E-state index is 10.5. The van der Waals surface area contributed by atoms with Gasteiger partial charge in [0, 0.05) is 21.8 Å². The van der Waals surface area contributed by atoms with Gasteiger partial charge in [0.2, 0.25) is 0 Å². The summed E-state index contributed by atoms with van der Waals surface area (Å²) >= 11 is 12.1. The van der Waals surface area contributed by atoms with E-state index in [4.69, 9.17) is 33.3 Å². The second-order valence-electron chi connectivity index (χ2n) is 5.85. The molecule has 0 spiro atoms. The molecule has 0 bridgehead atoms. The number of fused-ring (bicyclic) bond motifs is 1. The maximum Gasteiger partial charge on any atom is 0.145 e. The third-order valence-corrected chi connectivity index (χ3v) is 4.62. The molecule has 0 amide bonds. The highest BCUT2D eigenvalue weighted by atomic mass is 35.5. The average molecular weight is 389 g/mol. The van der Waals surface area contributed by atoms with E-state index in [1.165, 1.54) is 0 Å². The lowest BCUT2D eigenvalue weighted by Crippen LogP contribution is -2.26. The number of nitrogens with one attached hydrogen (secondary N) is 2. The highest BCUT2D eigenvalue weighted by molar-refractivity contribution is 6.36. The number of aliphatic hydroxyl groups is 1. The van der Waals surface area contributed by atoms with Gasteiger partial charge in [-0.15, -0.1) is 0 Å². The third kappa shape index (κ3) is 2.77. The molecule has 0 saturated heterocycles. The van der Waals surface area contributed by atoms with E-state index in [0.717, 1.165) is 11.0 Å². The summed E-state index contributed by atoms with van der Waals surface area (Å²) in [5, 5.41) is 19.9. The van der Waals surface area contributed by atoms with Crippen LogP contribution >= 0.6 is 23.2 Å². The predicted octanol–water partition coefficient (Wildman–Crippen LogP) is 4.64. The van der Waals surface area contributed by atoms with Crippen LogP contribution in [-0.4, -0.2) is 34.6 Å². The Bertz CT molecular complexity index is 1050. The molecule has 3 N–H and O–H groups in total. The number of nitrogens with zero attached hydrogens (tertiary/aromatic N) is 2. The molecule has 0 saturated carbocycles. The summed E-state index contributed by atoms with van der Waals surface area (Å²) in [4.78, 5) is 9.25. The van der Waals surface area contributed by atoms with Gasteiger partial charge in [-0.3, -0.25) is 5.41 Å². The first-order valence-electron chi connectivity index (χ1n) is 7.75. The van der Waals surface area contributed by atoms with Gasteiger partial charge in [-0.25, -0.2) is 4.98 Å². The van der Waals surface area contributed by atoms with Crippen LogP contribution in [0.5, 0.6) is 5.75 Å². The number of halogens is 2. The molecule has 0 fully saturated rings. The zero-order valence-corrected chi connectivity index (χ0v) is 15.2. The van der Waals surface area contributed by atoms with Gasteiger partial charge in [-0.2, -0.15) is 0 Å². The molecule has 3 aromatic rings. The number of ether oxygens (including phenoxy) is 1. The standard InChI is InChI=1S/C18H14Cl2N4O2/c1-26-12-2-3-13-14(7-12)23-18(22-13)16-15(25)8-24(17(16)21)11-5-9(19)4-10(20)6-11/h2-7,21,25H,8H2,1H3,(H,22,23). The molecular weight excluding hydrogens is 375 g/mol. The lowest BCUT2D eigenvalue weighted by atomic mass is 10.2. The van der Waals surface area contributed by atoms with Gasteiger partial charge in [0.25, 0.3) is 0 Å². The topological polar surface area (TPSA) is 85.2 Å². The molecule has 0 aliphatic carbocycles. The van der Waals surface area contributed by atoms with Crippen LogP contribution in [0.15, 0.2) is 42.2 Å². The fourth-order valence-electron chi connectivity index (χ4n) is 2.98. The number of benzene rings is 2. The Labute approximate surface area is 159 Å². The van der Waals surface area contributed by atoms with Crippen molar-refractivity contribution in [3.63, 3.8) is 0 Å². The van der Waals surface area contributed by atoms with Crippen molar-refractivity contribution in [1.82, 2.24) is 9.97 Å². The normalized spacial score (nSPS) is 14.6. The summed E-state index contributed by atoms with van der Waals surface area (Å²) < 4.78 is 5.21. The molecule has 26 heavy (non-hydrogen) atoms. The molecule has 1 aromatic heterocycles. The van der Waals surface area contributed by atoms with E-state index in [9.17, 15) is 5.11 Å². The van der Waals surface area contributed by atoms with Gasteiger partial charge in [0.1, 0.15) is 23.2 Å². The van der Waals surface area contributed by atoms with E-state index < -0.39 is 0 Å². The van der Waals surface area contributed by atoms with Crippen molar-refractivity contribution in [2.24, 2.45) is 0 Å². The molecule has 8 heteroatoms. The maximum absolute atomic E-state index is 10.5. The molecule has 1 aliphatic rings. The number of H-pyrrole nitrogens is 1. The second-order valence-corrected chi connectivity index (χ2v) is 6.73. The van der Waals surface area contributed by atoms with Crippen molar-refractivity contribution in [3.05, 3.63) is 58.0 Å². The first kappa shape index (κ1) is 16.8. The minimum Gasteiger partial charge on any atom is -0.509 e. The minimum atomic E-state index is 0.0529. The number of anilines is 1. The van der Waals surface area contributed by atoms with Gasteiger partial charge >= 0.3 is 0 Å². The number of methoxy groups -OCH3 is 1. The summed E-state index contributed by atoms with van der Waals surface area (Å²) in [6.07, 6.45) is 0. The molecular formula is C18H14Cl2N4O2. The lowest BCUT2D eigenvalue weighted by Gasteiger charge is -2.19. The number of aromatic nitrogens is 2. The molecule has 6 nitrogen and oxygen atoms in total. The van der Waals surface area contributed by atoms with Crippen LogP contribution < -0.4 is 9.64 Å². The third-order valence-electron chi connectivity index (χ3n) is 4.19. The van der Waals surface area contributed by atoms with Crippen LogP contribution in [0.3, 0.4) is 0 Å². The number of aromatic amines is 1. The molecule has 0 radical (unpaired) electrons. The molecule has 0 unspecified atom stereocenters. The van der Waals surface area contributed by atoms with Crippen molar-refractivity contribution >= 4 is 51.3 Å². The smallest absolute Gasteiger partial charge is 0.145 e. The molecule has 4 rings (SSSR count). The van der Waals surface area contributed by atoms with Crippen LogP contribution in [0, 0.1) is 5.41 Å². The number of hydrogen-bond donors (Lipinski definition) is 3. The Morgan fingerprint density at radius 1 is 1.19 bits per heavy atom. The number of hydrogen-bond acceptors (Lipinski definition) is 4. The van der Waals surface area contributed by atoms with Crippen LogP contribution in [-0.2, 0) is 0 Å². The molecule has 0 atom stereocenters. The number of aliphatic hydroxyl groups excluding tert-OH is 1. The minimum absolute atomic E-state index is 0.0529. The Kier molecular flexibility index (Phi) is 4.01. The lowest BCUT2D eigenvalue weighted by molar-refractivity contribution is 0.411. The number of rotatable bonds is 3. The zero-order valence-electron chi connectivity index (χ0n) is 13.7. The fourth-order valence-corrected chi connectivity index (χ4v) is 3.49. The number of amidine groups is 1. The van der Waals surface area contributed by atoms with Gasteiger partial charge in [-0.1, -0.05) is 23.2 Å². The van der Waals surface area contributed by atoms with E-state index >= 15 is 0 Å². The summed E-state index contributed by atoms with van der Waals surface area (Å²) in [6, 6.07) is 10.5. The van der Waals surface area contributed by atoms with Crippen molar-refractivity contribution in [1.29, 1.82) is 5.41 Å². The average Bonchev–Trinajstić information content (AvgIpc) is 3.13. The molecule has 1 aliphatic heterocycles. The van der Waals surface area contributed by atoms with E-state index in [2.05, 4.69) is 9.97 Å². The van der Waals surface area contributed by atoms with Crippen molar-refractivity contribution in [2.45, 2.75) is 0 Å². The van der Waals surface area contributed by atoms with Gasteiger partial charge in [-0.05, 0) is 30.3 Å². The van der Waals surface area contributed by atoms with Gasteiger partial charge in [0.05, 0.1) is 30.3 Å². The van der Waals surface area contributed by atoms with E-state index in [-0.39, 0.29) is 18.1 Å². The zero-order chi connectivity index (χ0) is 18.4. The first-order valence-corrected chi connectivity index (χ1v) is 8.50. The van der Waals surface area contributed by atoms with Crippen LogP contribution in [0.1, 0.15) is 5.82 Å². The largest absolute Gasteiger partial charge is 0.509 e. The second kappa shape index (κ2) is 6.23. The number of imidazole rings is 1. The Morgan fingerprint density at radius 2 is 1.92 bits per heavy atom. The summed E-state index contributed by atoms with van der Waals surface area (Å²) in [6.45, 7) is 0.144. The summed E-state index contributed by atoms with van der Waals surface area (Å²) in [7, 11) is 1.59. The van der Waals surface area contributed by atoms with E-state index in [0.29, 0.717) is 32.9 Å². The van der Waals surface area contributed by atoms with Gasteiger partial charge in [0.15, 0.2) is 0 Å². The quantitative estimate of drug-likeness (QED) is 0.609. The highest BCUT2D eigenvalue weighted by Crippen LogP contribution is 2.33. The van der Waals surface area contributed by atoms with Crippen LogP contribution in [0.4, 0.5) is 5.69 Å². The molecule has 2 aromatic carbocycles. The van der Waals surface area contributed by atoms with Crippen LogP contribution in [0.2, 0.25) is 10.0 Å². The van der Waals surface area contributed by atoms with Crippen molar-refractivity contribution in [2.75, 3.05) is 18.6 Å². The molecule has 132 valence electrons. The van der Waals surface area contributed by atoms with Gasteiger partial charge < -0.3 is 19.7 Å². The Balaban J connectivity index is 1.73. The van der Waals surface area contributed by atoms with E-state index in [1.54, 1.807) is 36.3 Å². The van der Waals surface area contributed by atoms with Crippen molar-refractivity contribution < 1.29 is 9.84 Å².